The van der Waals surface area contributed by atoms with Crippen LogP contribution in [0.5, 0.6) is 0 Å². The van der Waals surface area contributed by atoms with E-state index in [1.165, 1.54) is 4.90 Å². The Bertz CT molecular complexity index is 433. The number of imide groups is 1. The molecule has 1 spiro atoms. The maximum atomic E-state index is 12.4. The summed E-state index contributed by atoms with van der Waals surface area (Å²) >= 11 is 0. The molecule has 2 saturated carbocycles. The average Bonchev–Trinajstić information content (AvgIpc) is 2.98. The largest absolute Gasteiger partial charge is 0.481 e. The molecule has 3 fully saturated rings. The summed E-state index contributed by atoms with van der Waals surface area (Å²) in [5.41, 5.74) is -0.0739. The van der Waals surface area contributed by atoms with Gasteiger partial charge in [-0.15, -0.1) is 0 Å². The van der Waals surface area contributed by atoms with Crippen molar-refractivity contribution in [3.05, 3.63) is 0 Å². The lowest BCUT2D eigenvalue weighted by Gasteiger charge is -2.39. The Morgan fingerprint density at radius 1 is 1.10 bits per heavy atom. The van der Waals surface area contributed by atoms with Crippen LogP contribution >= 0.6 is 0 Å². The van der Waals surface area contributed by atoms with Crippen molar-refractivity contribution in [2.45, 2.75) is 63.8 Å². The lowest BCUT2D eigenvalue weighted by atomic mass is 9.76. The van der Waals surface area contributed by atoms with Crippen LogP contribution in [-0.4, -0.2) is 33.8 Å². The number of rotatable bonds is 2. The van der Waals surface area contributed by atoms with E-state index in [1.807, 2.05) is 0 Å². The number of amides is 2. The molecule has 2 atom stereocenters. The average molecular weight is 279 g/mol. The summed E-state index contributed by atoms with van der Waals surface area (Å²) < 4.78 is 0. The summed E-state index contributed by atoms with van der Waals surface area (Å²) in [4.78, 5) is 37.2. The summed E-state index contributed by atoms with van der Waals surface area (Å²) in [5, 5.41) is 9.04. The molecule has 2 unspecified atom stereocenters. The number of aliphatic carboxylic acids is 1. The molecule has 0 aromatic heterocycles. The predicted molar refractivity (Wildman–Crippen MR) is 70.8 cm³/mol. The Morgan fingerprint density at radius 2 is 1.70 bits per heavy atom. The third-order valence-electron chi connectivity index (χ3n) is 5.37. The molecular weight excluding hydrogens is 258 g/mol. The van der Waals surface area contributed by atoms with Crippen LogP contribution in [0.3, 0.4) is 0 Å². The number of carboxylic acids is 1. The molecule has 1 aliphatic heterocycles. The number of hydrogen-bond donors (Lipinski definition) is 1. The zero-order chi connectivity index (χ0) is 14.3. The Labute approximate surface area is 118 Å². The van der Waals surface area contributed by atoms with Gasteiger partial charge in [-0.3, -0.25) is 19.3 Å². The first kappa shape index (κ1) is 13.6. The van der Waals surface area contributed by atoms with Gasteiger partial charge in [-0.1, -0.05) is 12.8 Å². The molecule has 0 radical (unpaired) electrons. The van der Waals surface area contributed by atoms with Crippen molar-refractivity contribution in [1.82, 2.24) is 4.90 Å². The molecule has 20 heavy (non-hydrogen) atoms. The predicted octanol–water partition coefficient (Wildman–Crippen LogP) is 1.95. The van der Waals surface area contributed by atoms with Crippen molar-refractivity contribution in [3.8, 4) is 0 Å². The van der Waals surface area contributed by atoms with Crippen LogP contribution in [0.4, 0.5) is 0 Å². The zero-order valence-corrected chi connectivity index (χ0v) is 11.6. The molecule has 0 bridgehead atoms. The van der Waals surface area contributed by atoms with Crippen LogP contribution in [0, 0.1) is 11.3 Å². The fourth-order valence-corrected chi connectivity index (χ4v) is 4.32. The number of hydrogen-bond acceptors (Lipinski definition) is 3. The van der Waals surface area contributed by atoms with E-state index < -0.39 is 11.9 Å². The smallest absolute Gasteiger partial charge is 0.306 e. The second kappa shape index (κ2) is 4.86. The number of carboxylic acid groups (broad SMARTS) is 1. The van der Waals surface area contributed by atoms with Crippen LogP contribution in [0.2, 0.25) is 0 Å². The van der Waals surface area contributed by atoms with Gasteiger partial charge in [0.2, 0.25) is 11.8 Å². The van der Waals surface area contributed by atoms with Gasteiger partial charge in [0.05, 0.1) is 5.92 Å². The highest BCUT2D eigenvalue weighted by Crippen LogP contribution is 2.48. The molecule has 1 heterocycles. The molecular formula is C15H21NO4. The van der Waals surface area contributed by atoms with Crippen LogP contribution in [0.15, 0.2) is 0 Å². The molecule has 110 valence electrons. The summed E-state index contributed by atoms with van der Waals surface area (Å²) in [6.07, 6.45) is 6.81. The molecule has 3 rings (SSSR count). The quantitative estimate of drug-likeness (QED) is 0.784. The van der Waals surface area contributed by atoms with Gasteiger partial charge < -0.3 is 5.11 Å². The van der Waals surface area contributed by atoms with Crippen molar-refractivity contribution in [2.75, 3.05) is 0 Å². The fourth-order valence-electron chi connectivity index (χ4n) is 4.32. The van der Waals surface area contributed by atoms with Gasteiger partial charge in [-0.25, -0.2) is 0 Å². The fraction of sp³-hybridized carbons (Fsp3) is 0.800. The van der Waals surface area contributed by atoms with E-state index in [4.69, 9.17) is 5.11 Å². The van der Waals surface area contributed by atoms with Crippen molar-refractivity contribution in [3.63, 3.8) is 0 Å². The van der Waals surface area contributed by atoms with E-state index in [0.717, 1.165) is 25.7 Å². The van der Waals surface area contributed by atoms with Crippen molar-refractivity contribution >= 4 is 17.8 Å². The normalized spacial score (nSPS) is 33.1. The van der Waals surface area contributed by atoms with Gasteiger partial charge in [0.1, 0.15) is 0 Å². The van der Waals surface area contributed by atoms with E-state index in [9.17, 15) is 14.4 Å². The maximum Gasteiger partial charge on any atom is 0.306 e. The van der Waals surface area contributed by atoms with E-state index in [0.29, 0.717) is 32.1 Å². The second-order valence-electron chi connectivity index (χ2n) is 6.72. The van der Waals surface area contributed by atoms with Crippen molar-refractivity contribution in [1.29, 1.82) is 0 Å². The van der Waals surface area contributed by atoms with Gasteiger partial charge in [-0.05, 0) is 37.5 Å². The maximum absolute atomic E-state index is 12.4. The van der Waals surface area contributed by atoms with Crippen molar-refractivity contribution < 1.29 is 19.5 Å². The molecule has 0 aromatic rings. The Balaban J connectivity index is 1.71. The number of nitrogens with zero attached hydrogens (tertiary/aromatic N) is 1. The molecule has 1 N–H and O–H groups in total. The molecule has 0 aromatic carbocycles. The number of carbonyl (C=O) groups is 3. The summed E-state index contributed by atoms with van der Waals surface area (Å²) in [7, 11) is 0. The van der Waals surface area contributed by atoms with Gasteiger partial charge in [0.15, 0.2) is 0 Å². The van der Waals surface area contributed by atoms with Crippen LogP contribution in [-0.2, 0) is 14.4 Å². The minimum atomic E-state index is -0.809. The third-order valence-corrected chi connectivity index (χ3v) is 5.37. The highest BCUT2D eigenvalue weighted by atomic mass is 16.4. The van der Waals surface area contributed by atoms with Crippen LogP contribution in [0.25, 0.3) is 0 Å². The lowest BCUT2D eigenvalue weighted by molar-refractivity contribution is -0.157. The first-order valence-electron chi connectivity index (χ1n) is 7.58. The monoisotopic (exact) mass is 279 g/mol. The summed E-state index contributed by atoms with van der Waals surface area (Å²) in [6, 6.07) is -0.185. The number of carbonyl (C=O) groups excluding carboxylic acids is 2. The zero-order valence-electron chi connectivity index (χ0n) is 11.6. The first-order valence-corrected chi connectivity index (χ1v) is 7.58. The molecule has 3 aliphatic rings. The van der Waals surface area contributed by atoms with E-state index in [1.54, 1.807) is 0 Å². The Morgan fingerprint density at radius 3 is 2.20 bits per heavy atom. The molecule has 5 nitrogen and oxygen atoms in total. The van der Waals surface area contributed by atoms with Gasteiger partial charge in [0.25, 0.3) is 0 Å². The molecule has 5 heteroatoms. The van der Waals surface area contributed by atoms with Crippen molar-refractivity contribution in [2.24, 2.45) is 11.3 Å². The minimum absolute atomic E-state index is 0.0702. The summed E-state index contributed by atoms with van der Waals surface area (Å²) in [6.45, 7) is 0. The van der Waals surface area contributed by atoms with Gasteiger partial charge in [-0.2, -0.15) is 0 Å². The van der Waals surface area contributed by atoms with Gasteiger partial charge in [0, 0.05) is 18.9 Å². The molecule has 2 aliphatic carbocycles. The molecule has 2 amide bonds. The number of likely N-dealkylation sites (tertiary alicyclic amines) is 1. The third kappa shape index (κ3) is 2.23. The number of piperidine rings is 1. The summed E-state index contributed by atoms with van der Waals surface area (Å²) in [5.74, 6) is -1.35. The van der Waals surface area contributed by atoms with E-state index >= 15 is 0 Å². The Hall–Kier alpha value is -1.39. The first-order chi connectivity index (χ1) is 9.51. The molecule has 1 saturated heterocycles. The Kier molecular flexibility index (Phi) is 3.30. The highest BCUT2D eigenvalue weighted by Gasteiger charge is 2.48. The lowest BCUT2D eigenvalue weighted by Crippen LogP contribution is -2.51. The van der Waals surface area contributed by atoms with Crippen LogP contribution in [0.1, 0.15) is 57.8 Å². The van der Waals surface area contributed by atoms with Gasteiger partial charge >= 0.3 is 5.97 Å². The highest BCUT2D eigenvalue weighted by molar-refractivity contribution is 5.99. The van der Waals surface area contributed by atoms with E-state index in [-0.39, 0.29) is 23.3 Å². The standard InChI is InChI=1S/C15H21NO4/c17-12-8-15(5-1-2-6-15)9-13(18)16(12)11-4-3-10(7-11)14(19)20/h10-11H,1-9H2,(H,19,20). The SMILES string of the molecule is O=C(O)C1CCC(N2C(=O)CC3(CCCC3)CC2=O)C1. The minimum Gasteiger partial charge on any atom is -0.481 e. The van der Waals surface area contributed by atoms with E-state index in [2.05, 4.69) is 0 Å². The van der Waals surface area contributed by atoms with Crippen LogP contribution < -0.4 is 0 Å². The second-order valence-corrected chi connectivity index (χ2v) is 6.72. The topological polar surface area (TPSA) is 74.7 Å².